The number of halogens is 1. The quantitative estimate of drug-likeness (QED) is 0.136. The van der Waals surface area contributed by atoms with Gasteiger partial charge in [0.15, 0.2) is 5.16 Å². The van der Waals surface area contributed by atoms with E-state index in [1.807, 2.05) is 67.6 Å². The van der Waals surface area contributed by atoms with E-state index in [2.05, 4.69) is 10.3 Å². The van der Waals surface area contributed by atoms with Crippen LogP contribution in [0.15, 0.2) is 82.9 Å². The van der Waals surface area contributed by atoms with Crippen LogP contribution in [0.4, 0.5) is 5.69 Å². The molecule has 1 aliphatic rings. The Morgan fingerprint density at radius 2 is 1.88 bits per heavy atom. The van der Waals surface area contributed by atoms with Crippen LogP contribution in [0.3, 0.4) is 0 Å². The highest BCUT2D eigenvalue weighted by atomic mass is 35.5. The number of thioether (sulfide) groups is 2. The van der Waals surface area contributed by atoms with E-state index in [1.54, 1.807) is 18.2 Å². The lowest BCUT2D eigenvalue weighted by molar-refractivity contribution is -0.122. The Morgan fingerprint density at radius 1 is 1.10 bits per heavy atom. The lowest BCUT2D eigenvalue weighted by Gasteiger charge is -2.15. The number of carbonyl (C=O) groups excluding carboxylic acids is 3. The van der Waals surface area contributed by atoms with Gasteiger partial charge in [-0.25, -0.2) is 4.98 Å². The standard InChI is InChI=1S/C29H23ClN4O3S3/c1-18-5-4-6-21(15-18)31-25(35)17-39-28-32-22-7-2-3-8-23(22)34(28)26(36)13-14-33-27(37)24(40-29(33)38)16-19-9-11-20(30)12-10-19/h2-12,15-16H,13-14,17H2,1H3,(H,31,35). The fourth-order valence-electron chi connectivity index (χ4n) is 4.11. The summed E-state index contributed by atoms with van der Waals surface area (Å²) in [5, 5.41) is 3.90. The molecule has 0 saturated carbocycles. The molecule has 1 N–H and O–H groups in total. The average Bonchev–Trinajstić information content (AvgIpc) is 3.43. The normalized spacial score (nSPS) is 14.3. The number of benzene rings is 3. The number of thiocarbonyl (C=S) groups is 1. The first kappa shape index (κ1) is 28.1. The number of para-hydroxylation sites is 2. The Kier molecular flexibility index (Phi) is 8.70. The van der Waals surface area contributed by atoms with Gasteiger partial charge in [0.2, 0.25) is 11.8 Å². The number of anilines is 1. The van der Waals surface area contributed by atoms with Crippen molar-refractivity contribution in [2.45, 2.75) is 18.5 Å². The van der Waals surface area contributed by atoms with Crippen LogP contribution < -0.4 is 5.32 Å². The maximum atomic E-state index is 13.5. The molecule has 2 heterocycles. The van der Waals surface area contributed by atoms with Crippen molar-refractivity contribution in [3.63, 3.8) is 0 Å². The molecule has 1 fully saturated rings. The highest BCUT2D eigenvalue weighted by Gasteiger charge is 2.32. The lowest BCUT2D eigenvalue weighted by atomic mass is 10.2. The Morgan fingerprint density at radius 3 is 2.65 bits per heavy atom. The fourth-order valence-corrected chi connectivity index (χ4v) is 6.37. The molecule has 7 nitrogen and oxygen atoms in total. The van der Waals surface area contributed by atoms with Crippen molar-refractivity contribution in [1.82, 2.24) is 14.5 Å². The van der Waals surface area contributed by atoms with Gasteiger partial charge in [0.25, 0.3) is 5.91 Å². The Labute approximate surface area is 250 Å². The van der Waals surface area contributed by atoms with Crippen LogP contribution >= 0.6 is 47.3 Å². The Bertz CT molecular complexity index is 1670. The van der Waals surface area contributed by atoms with Crippen LogP contribution in [0.2, 0.25) is 5.02 Å². The maximum absolute atomic E-state index is 13.5. The molecule has 0 radical (unpaired) electrons. The van der Waals surface area contributed by atoms with E-state index in [9.17, 15) is 14.4 Å². The van der Waals surface area contributed by atoms with Crippen molar-refractivity contribution < 1.29 is 14.4 Å². The van der Waals surface area contributed by atoms with Gasteiger partial charge in [-0.2, -0.15) is 0 Å². The van der Waals surface area contributed by atoms with Crippen LogP contribution in [0.1, 0.15) is 22.3 Å². The second-order valence-corrected chi connectivity index (χ2v) is 12.0. The molecule has 11 heteroatoms. The highest BCUT2D eigenvalue weighted by Crippen LogP contribution is 2.33. The second kappa shape index (κ2) is 12.4. The molecule has 0 spiro atoms. The molecular formula is C29H23ClN4O3S3. The minimum absolute atomic E-state index is 0.0318. The van der Waals surface area contributed by atoms with Crippen molar-refractivity contribution in [3.8, 4) is 0 Å². The number of imidazole rings is 1. The summed E-state index contributed by atoms with van der Waals surface area (Å²) in [6, 6.07) is 22.0. The van der Waals surface area contributed by atoms with E-state index in [-0.39, 0.29) is 36.4 Å². The fraction of sp³-hybridized carbons (Fsp3) is 0.138. The molecule has 1 aromatic heterocycles. The molecule has 2 amide bonds. The van der Waals surface area contributed by atoms with Crippen molar-refractivity contribution in [1.29, 1.82) is 0 Å². The second-order valence-electron chi connectivity index (χ2n) is 8.95. The molecule has 40 heavy (non-hydrogen) atoms. The number of hydrogen-bond acceptors (Lipinski definition) is 7. The Balaban J connectivity index is 1.28. The number of carbonyl (C=O) groups is 3. The monoisotopic (exact) mass is 606 g/mol. The summed E-state index contributed by atoms with van der Waals surface area (Å²) in [4.78, 5) is 45.7. The minimum Gasteiger partial charge on any atom is -0.325 e. The average molecular weight is 607 g/mol. The van der Waals surface area contributed by atoms with E-state index in [4.69, 9.17) is 23.8 Å². The van der Waals surface area contributed by atoms with Gasteiger partial charge in [-0.3, -0.25) is 23.9 Å². The smallest absolute Gasteiger partial charge is 0.266 e. The first-order valence-electron chi connectivity index (χ1n) is 12.3. The molecule has 1 saturated heterocycles. The van der Waals surface area contributed by atoms with Gasteiger partial charge >= 0.3 is 0 Å². The topological polar surface area (TPSA) is 84.3 Å². The van der Waals surface area contributed by atoms with E-state index >= 15 is 0 Å². The molecule has 5 rings (SSSR count). The summed E-state index contributed by atoms with van der Waals surface area (Å²) < 4.78 is 1.91. The lowest BCUT2D eigenvalue weighted by Crippen LogP contribution is -2.31. The molecule has 4 aromatic rings. The van der Waals surface area contributed by atoms with Gasteiger partial charge in [-0.1, -0.05) is 83.7 Å². The van der Waals surface area contributed by atoms with Crippen molar-refractivity contribution >= 4 is 92.2 Å². The van der Waals surface area contributed by atoms with Gasteiger partial charge < -0.3 is 5.32 Å². The SMILES string of the molecule is Cc1cccc(NC(=O)CSc2nc3ccccc3n2C(=O)CCN2C(=O)C(=Cc3ccc(Cl)cc3)SC2=S)c1. The van der Waals surface area contributed by atoms with Crippen molar-refractivity contribution in [3.05, 3.63) is 93.9 Å². The molecule has 0 unspecified atom stereocenters. The molecular weight excluding hydrogens is 584 g/mol. The number of aromatic nitrogens is 2. The first-order valence-corrected chi connectivity index (χ1v) is 14.9. The maximum Gasteiger partial charge on any atom is 0.266 e. The van der Waals surface area contributed by atoms with Crippen LogP contribution in [0, 0.1) is 6.92 Å². The summed E-state index contributed by atoms with van der Waals surface area (Å²) in [6.07, 6.45) is 1.79. The largest absolute Gasteiger partial charge is 0.325 e. The van der Waals surface area contributed by atoms with E-state index < -0.39 is 0 Å². The molecule has 3 aromatic carbocycles. The molecule has 0 aliphatic carbocycles. The molecule has 0 atom stereocenters. The van der Waals surface area contributed by atoms with Crippen LogP contribution in [-0.4, -0.2) is 48.8 Å². The minimum atomic E-state index is -0.244. The number of hydrogen-bond donors (Lipinski definition) is 1. The van der Waals surface area contributed by atoms with Crippen molar-refractivity contribution in [2.24, 2.45) is 0 Å². The van der Waals surface area contributed by atoms with E-state index in [0.29, 0.717) is 36.1 Å². The van der Waals surface area contributed by atoms with Gasteiger partial charge in [-0.15, -0.1) is 0 Å². The van der Waals surface area contributed by atoms with Crippen LogP contribution in [-0.2, 0) is 9.59 Å². The summed E-state index contributed by atoms with van der Waals surface area (Å²) in [7, 11) is 0. The van der Waals surface area contributed by atoms with Crippen LogP contribution in [0.5, 0.6) is 0 Å². The molecule has 0 bridgehead atoms. The Hall–Kier alpha value is -3.44. The third kappa shape index (κ3) is 6.47. The molecule has 202 valence electrons. The third-order valence-corrected chi connectivity index (χ3v) is 8.57. The van der Waals surface area contributed by atoms with Gasteiger partial charge in [-0.05, 0) is 60.5 Å². The predicted octanol–water partition coefficient (Wildman–Crippen LogP) is 6.66. The third-order valence-electron chi connectivity index (χ3n) is 6.00. The molecule has 1 aliphatic heterocycles. The van der Waals surface area contributed by atoms with Gasteiger partial charge in [0.05, 0.1) is 21.7 Å². The summed E-state index contributed by atoms with van der Waals surface area (Å²) in [6.45, 7) is 2.09. The number of nitrogens with zero attached hydrogens (tertiary/aromatic N) is 3. The predicted molar refractivity (Wildman–Crippen MR) is 167 cm³/mol. The van der Waals surface area contributed by atoms with E-state index in [1.165, 1.54) is 33.0 Å². The van der Waals surface area contributed by atoms with Crippen molar-refractivity contribution in [2.75, 3.05) is 17.6 Å². The van der Waals surface area contributed by atoms with Gasteiger partial charge in [0, 0.05) is 23.7 Å². The number of nitrogens with one attached hydrogen (secondary N) is 1. The number of fused-ring (bicyclic) bond motifs is 1. The summed E-state index contributed by atoms with van der Waals surface area (Å²) in [5.74, 6) is -0.609. The zero-order valence-electron chi connectivity index (χ0n) is 21.3. The number of amides is 2. The summed E-state index contributed by atoms with van der Waals surface area (Å²) in [5.41, 5.74) is 3.87. The number of rotatable bonds is 8. The van der Waals surface area contributed by atoms with Gasteiger partial charge in [0.1, 0.15) is 4.32 Å². The zero-order valence-corrected chi connectivity index (χ0v) is 24.5. The summed E-state index contributed by atoms with van der Waals surface area (Å²) >= 11 is 13.8. The number of aryl methyl sites for hydroxylation is 1. The van der Waals surface area contributed by atoms with E-state index in [0.717, 1.165) is 11.1 Å². The van der Waals surface area contributed by atoms with Crippen LogP contribution in [0.25, 0.3) is 17.1 Å². The highest BCUT2D eigenvalue weighted by molar-refractivity contribution is 8.26. The first-order chi connectivity index (χ1) is 19.3. The zero-order chi connectivity index (χ0) is 28.2.